The van der Waals surface area contributed by atoms with Crippen LogP contribution >= 0.6 is 0 Å². The molecule has 0 atom stereocenters. The fraction of sp³-hybridized carbons (Fsp3) is 0.188. The van der Waals surface area contributed by atoms with E-state index >= 15 is 0 Å². The average Bonchev–Trinajstić information content (AvgIpc) is 2.50. The zero-order valence-electron chi connectivity index (χ0n) is 11.7. The van der Waals surface area contributed by atoms with Crippen molar-refractivity contribution in [2.45, 2.75) is 6.42 Å². The number of para-hydroxylation sites is 1. The van der Waals surface area contributed by atoms with Gasteiger partial charge < -0.3 is 20.3 Å². The Labute approximate surface area is 122 Å². The van der Waals surface area contributed by atoms with E-state index in [0.29, 0.717) is 23.6 Å². The van der Waals surface area contributed by atoms with Gasteiger partial charge in [-0.3, -0.25) is 0 Å². The maximum absolute atomic E-state index is 11.6. The number of anilines is 1. The Balaban J connectivity index is 2.30. The lowest BCUT2D eigenvalue weighted by atomic mass is 10.1. The highest BCUT2D eigenvalue weighted by Crippen LogP contribution is 2.28. The third-order valence-electron chi connectivity index (χ3n) is 3.01. The number of methoxy groups -OCH3 is 1. The van der Waals surface area contributed by atoms with Crippen LogP contribution in [0.25, 0.3) is 0 Å². The lowest BCUT2D eigenvalue weighted by molar-refractivity contribution is 0.0601. The predicted octanol–water partition coefficient (Wildman–Crippen LogP) is 2.38. The first-order valence-corrected chi connectivity index (χ1v) is 6.50. The molecule has 0 spiro atoms. The van der Waals surface area contributed by atoms with Crippen molar-refractivity contribution in [1.29, 1.82) is 0 Å². The molecule has 0 radical (unpaired) electrons. The van der Waals surface area contributed by atoms with Gasteiger partial charge in [-0.1, -0.05) is 18.2 Å². The number of rotatable bonds is 5. The molecule has 5 nitrogen and oxygen atoms in total. The molecule has 0 amide bonds. The van der Waals surface area contributed by atoms with Gasteiger partial charge in [-0.2, -0.15) is 0 Å². The first kappa shape index (κ1) is 14.9. The van der Waals surface area contributed by atoms with Gasteiger partial charge in [0.2, 0.25) is 0 Å². The van der Waals surface area contributed by atoms with Crippen molar-refractivity contribution in [2.75, 3.05) is 19.5 Å². The number of carbonyl (C=O) groups is 1. The Kier molecular flexibility index (Phi) is 4.79. The smallest absolute Gasteiger partial charge is 0.340 e. The zero-order chi connectivity index (χ0) is 15.2. The van der Waals surface area contributed by atoms with E-state index in [1.165, 1.54) is 13.2 Å². The first-order valence-electron chi connectivity index (χ1n) is 6.50. The summed E-state index contributed by atoms with van der Waals surface area (Å²) in [6.07, 6.45) is 0.495. The molecule has 21 heavy (non-hydrogen) atoms. The summed E-state index contributed by atoms with van der Waals surface area (Å²) in [6, 6.07) is 12.2. The van der Waals surface area contributed by atoms with E-state index < -0.39 is 5.97 Å². The minimum atomic E-state index is -0.512. The Bertz CT molecular complexity index is 640. The van der Waals surface area contributed by atoms with E-state index in [4.69, 9.17) is 15.6 Å². The first-order chi connectivity index (χ1) is 10.2. The van der Waals surface area contributed by atoms with Crippen LogP contribution in [0.5, 0.6) is 11.5 Å². The van der Waals surface area contributed by atoms with Crippen LogP contribution in [0.2, 0.25) is 0 Å². The summed E-state index contributed by atoms with van der Waals surface area (Å²) in [7, 11) is 1.30. The highest BCUT2D eigenvalue weighted by atomic mass is 16.5. The zero-order valence-corrected chi connectivity index (χ0v) is 11.7. The van der Waals surface area contributed by atoms with Gasteiger partial charge in [0.05, 0.1) is 12.7 Å². The van der Waals surface area contributed by atoms with Gasteiger partial charge in [-0.25, -0.2) is 4.79 Å². The summed E-state index contributed by atoms with van der Waals surface area (Å²) in [5, 5.41) is 9.06. The fourth-order valence-corrected chi connectivity index (χ4v) is 1.94. The molecule has 2 aromatic rings. The minimum Gasteiger partial charge on any atom is -0.465 e. The molecule has 0 heterocycles. The molecule has 0 fully saturated rings. The molecule has 0 aliphatic heterocycles. The molecule has 0 saturated carbocycles. The Morgan fingerprint density at radius 2 is 2.00 bits per heavy atom. The number of aliphatic hydroxyl groups is 1. The molecule has 3 N–H and O–H groups in total. The average molecular weight is 287 g/mol. The van der Waals surface area contributed by atoms with Crippen molar-refractivity contribution in [1.82, 2.24) is 0 Å². The van der Waals surface area contributed by atoms with E-state index in [1.54, 1.807) is 18.2 Å². The van der Waals surface area contributed by atoms with Crippen LogP contribution in [0, 0.1) is 0 Å². The summed E-state index contributed by atoms with van der Waals surface area (Å²) < 4.78 is 10.5. The Hall–Kier alpha value is -2.53. The van der Waals surface area contributed by atoms with Gasteiger partial charge in [-0.05, 0) is 36.2 Å². The maximum atomic E-state index is 11.6. The van der Waals surface area contributed by atoms with Crippen LogP contribution < -0.4 is 10.5 Å². The molecule has 0 aliphatic carbocycles. The topological polar surface area (TPSA) is 81.8 Å². The minimum absolute atomic E-state index is 0.0372. The van der Waals surface area contributed by atoms with Gasteiger partial charge in [0.1, 0.15) is 11.5 Å². The lowest BCUT2D eigenvalue weighted by Crippen LogP contribution is -2.05. The summed E-state index contributed by atoms with van der Waals surface area (Å²) in [4.78, 5) is 11.6. The number of carbonyl (C=O) groups excluding carboxylic acids is 1. The molecule has 0 aromatic heterocycles. The summed E-state index contributed by atoms with van der Waals surface area (Å²) in [6.45, 7) is 0.0372. The molecular weight excluding hydrogens is 270 g/mol. The van der Waals surface area contributed by atoms with E-state index in [0.717, 1.165) is 5.56 Å². The van der Waals surface area contributed by atoms with Gasteiger partial charge in [-0.15, -0.1) is 0 Å². The maximum Gasteiger partial charge on any atom is 0.340 e. The molecule has 2 aromatic carbocycles. The second-order valence-corrected chi connectivity index (χ2v) is 4.42. The number of nitrogens with two attached hydrogens (primary N) is 1. The van der Waals surface area contributed by atoms with Crippen LogP contribution in [-0.2, 0) is 11.2 Å². The van der Waals surface area contributed by atoms with Gasteiger partial charge in [0, 0.05) is 12.3 Å². The quantitative estimate of drug-likeness (QED) is 0.652. The van der Waals surface area contributed by atoms with Crippen molar-refractivity contribution in [2.24, 2.45) is 0 Å². The van der Waals surface area contributed by atoms with Crippen molar-refractivity contribution in [3.05, 3.63) is 53.6 Å². The van der Waals surface area contributed by atoms with Crippen LogP contribution in [0.1, 0.15) is 15.9 Å². The van der Waals surface area contributed by atoms with Gasteiger partial charge >= 0.3 is 5.97 Å². The van der Waals surface area contributed by atoms with Crippen molar-refractivity contribution >= 4 is 11.7 Å². The van der Waals surface area contributed by atoms with E-state index in [-0.39, 0.29) is 12.2 Å². The number of aliphatic hydroxyl groups excluding tert-OH is 1. The summed E-state index contributed by atoms with van der Waals surface area (Å²) >= 11 is 0. The number of benzene rings is 2. The third kappa shape index (κ3) is 3.52. The number of hydrogen-bond donors (Lipinski definition) is 2. The van der Waals surface area contributed by atoms with Crippen molar-refractivity contribution in [3.8, 4) is 11.5 Å². The number of nitrogen functional groups attached to an aromatic ring is 1. The largest absolute Gasteiger partial charge is 0.465 e. The summed E-state index contributed by atoms with van der Waals surface area (Å²) in [5.41, 5.74) is 7.22. The molecule has 110 valence electrons. The molecular formula is C16H17NO4. The molecule has 0 aliphatic rings. The van der Waals surface area contributed by atoms with Crippen molar-refractivity contribution < 1.29 is 19.4 Å². The number of ether oxygens (including phenoxy) is 2. The highest BCUT2D eigenvalue weighted by molar-refractivity contribution is 5.95. The molecule has 0 unspecified atom stereocenters. The standard InChI is InChI=1S/C16H17NO4/c1-20-16(19)13-10-12(6-7-14(13)17)21-15-5-3-2-4-11(15)8-9-18/h2-7,10,18H,8-9,17H2,1H3. The van der Waals surface area contributed by atoms with E-state index in [1.807, 2.05) is 18.2 Å². The van der Waals surface area contributed by atoms with Crippen molar-refractivity contribution in [3.63, 3.8) is 0 Å². The normalized spacial score (nSPS) is 10.2. The monoisotopic (exact) mass is 287 g/mol. The SMILES string of the molecule is COC(=O)c1cc(Oc2ccccc2CCO)ccc1N. The van der Waals surface area contributed by atoms with E-state index in [2.05, 4.69) is 4.74 Å². The van der Waals surface area contributed by atoms with E-state index in [9.17, 15) is 4.79 Å². The van der Waals surface area contributed by atoms with Crippen LogP contribution in [0.4, 0.5) is 5.69 Å². The Morgan fingerprint density at radius 1 is 1.24 bits per heavy atom. The third-order valence-corrected chi connectivity index (χ3v) is 3.01. The molecule has 2 rings (SSSR count). The number of hydrogen-bond acceptors (Lipinski definition) is 5. The fourth-order valence-electron chi connectivity index (χ4n) is 1.94. The molecule has 5 heteroatoms. The Morgan fingerprint density at radius 3 is 2.71 bits per heavy atom. The van der Waals surface area contributed by atoms with Gasteiger partial charge in [0.25, 0.3) is 0 Å². The molecule has 0 saturated heterocycles. The molecule has 0 bridgehead atoms. The predicted molar refractivity (Wildman–Crippen MR) is 79.5 cm³/mol. The summed E-state index contributed by atoms with van der Waals surface area (Å²) in [5.74, 6) is 0.601. The second kappa shape index (κ2) is 6.76. The van der Waals surface area contributed by atoms with Crippen LogP contribution in [0.15, 0.2) is 42.5 Å². The highest BCUT2D eigenvalue weighted by Gasteiger charge is 2.12. The van der Waals surface area contributed by atoms with Gasteiger partial charge in [0.15, 0.2) is 0 Å². The second-order valence-electron chi connectivity index (χ2n) is 4.42. The number of esters is 1. The van der Waals surface area contributed by atoms with Crippen LogP contribution in [0.3, 0.4) is 0 Å². The van der Waals surface area contributed by atoms with Crippen LogP contribution in [-0.4, -0.2) is 24.8 Å². The lowest BCUT2D eigenvalue weighted by Gasteiger charge is -2.12.